The standard InChI is InChI=1S/C23H20N4O7S/c1-23(2)33-20(28)16(21(29)34-23)11-14-9-10-18(17(12-14)27(30)31)35-22-25-24-19(26(22)3)13-32-15-7-5-4-6-8-15/h4-12H,13H2,1-3H3. The van der Waals surface area contributed by atoms with Crippen molar-refractivity contribution in [3.8, 4) is 5.75 Å². The Balaban J connectivity index is 1.54. The molecule has 0 atom stereocenters. The van der Waals surface area contributed by atoms with Crippen molar-refractivity contribution in [3.05, 3.63) is 75.6 Å². The number of hydrogen-bond acceptors (Lipinski definition) is 10. The van der Waals surface area contributed by atoms with Crippen molar-refractivity contribution in [2.45, 2.75) is 36.3 Å². The fourth-order valence-electron chi connectivity index (χ4n) is 3.12. The Bertz CT molecular complexity index is 1310. The summed E-state index contributed by atoms with van der Waals surface area (Å²) in [5.74, 6) is -1.88. The molecule has 0 saturated carbocycles. The second kappa shape index (κ2) is 9.58. The monoisotopic (exact) mass is 496 g/mol. The molecule has 0 bridgehead atoms. The number of ether oxygens (including phenoxy) is 3. The van der Waals surface area contributed by atoms with Crippen molar-refractivity contribution in [1.29, 1.82) is 0 Å². The minimum Gasteiger partial charge on any atom is -0.486 e. The SMILES string of the molecule is Cn1c(COc2ccccc2)nnc1Sc1ccc(C=C2C(=O)OC(C)(C)OC2=O)cc1[N+](=O)[O-]. The van der Waals surface area contributed by atoms with Gasteiger partial charge < -0.3 is 18.8 Å². The highest BCUT2D eigenvalue weighted by atomic mass is 32.2. The number of nitro groups is 1. The summed E-state index contributed by atoms with van der Waals surface area (Å²) >= 11 is 1.06. The fraction of sp³-hybridized carbons (Fsp3) is 0.217. The zero-order valence-electron chi connectivity index (χ0n) is 19.0. The topological polar surface area (TPSA) is 136 Å². The highest BCUT2D eigenvalue weighted by Crippen LogP contribution is 2.35. The number of cyclic esters (lactones) is 2. The van der Waals surface area contributed by atoms with Crippen LogP contribution in [0.1, 0.15) is 25.2 Å². The number of rotatable bonds is 7. The molecule has 1 saturated heterocycles. The number of esters is 2. The van der Waals surface area contributed by atoms with Crippen molar-refractivity contribution in [2.75, 3.05) is 0 Å². The maximum absolute atomic E-state index is 12.2. The quantitative estimate of drug-likeness (QED) is 0.157. The fourth-order valence-corrected chi connectivity index (χ4v) is 4.02. The van der Waals surface area contributed by atoms with E-state index in [1.807, 2.05) is 30.3 Å². The van der Waals surface area contributed by atoms with E-state index in [1.54, 1.807) is 17.7 Å². The molecular weight excluding hydrogens is 476 g/mol. The summed E-state index contributed by atoms with van der Waals surface area (Å²) in [6.07, 6.45) is 1.20. The molecule has 12 heteroatoms. The van der Waals surface area contributed by atoms with Crippen LogP contribution < -0.4 is 4.74 Å². The third-order valence-electron chi connectivity index (χ3n) is 4.84. The van der Waals surface area contributed by atoms with E-state index in [-0.39, 0.29) is 23.4 Å². The maximum Gasteiger partial charge on any atom is 0.348 e. The van der Waals surface area contributed by atoms with Gasteiger partial charge in [-0.25, -0.2) is 9.59 Å². The Hall–Kier alpha value is -4.19. The summed E-state index contributed by atoms with van der Waals surface area (Å²) < 4.78 is 17.5. The number of aromatic nitrogens is 3. The summed E-state index contributed by atoms with van der Waals surface area (Å²) in [7, 11) is 1.73. The average molecular weight is 497 g/mol. The predicted molar refractivity (Wildman–Crippen MR) is 123 cm³/mol. The van der Waals surface area contributed by atoms with Crippen LogP contribution in [0.2, 0.25) is 0 Å². The van der Waals surface area contributed by atoms with Gasteiger partial charge in [0.25, 0.3) is 11.5 Å². The normalized spacial score (nSPS) is 14.8. The van der Waals surface area contributed by atoms with E-state index in [4.69, 9.17) is 14.2 Å². The molecule has 180 valence electrons. The van der Waals surface area contributed by atoms with Crippen molar-refractivity contribution in [3.63, 3.8) is 0 Å². The van der Waals surface area contributed by atoms with Crippen LogP contribution in [0.25, 0.3) is 6.08 Å². The van der Waals surface area contributed by atoms with Crippen LogP contribution in [0.15, 0.2) is 64.2 Å². The third-order valence-corrected chi connectivity index (χ3v) is 5.95. The molecule has 35 heavy (non-hydrogen) atoms. The van der Waals surface area contributed by atoms with Crippen LogP contribution in [-0.4, -0.2) is 37.4 Å². The minimum atomic E-state index is -1.38. The van der Waals surface area contributed by atoms with Crippen LogP contribution in [0, 0.1) is 10.1 Å². The maximum atomic E-state index is 12.2. The lowest BCUT2D eigenvalue weighted by atomic mass is 10.1. The molecule has 1 aromatic heterocycles. The Kier molecular flexibility index (Phi) is 6.56. The third kappa shape index (κ3) is 5.49. The van der Waals surface area contributed by atoms with E-state index < -0.39 is 22.6 Å². The van der Waals surface area contributed by atoms with Crippen LogP contribution in [-0.2, 0) is 32.7 Å². The van der Waals surface area contributed by atoms with E-state index in [1.165, 1.54) is 32.1 Å². The average Bonchev–Trinajstić information content (AvgIpc) is 3.14. The van der Waals surface area contributed by atoms with Gasteiger partial charge in [0.05, 0.1) is 9.82 Å². The van der Waals surface area contributed by atoms with Gasteiger partial charge in [0, 0.05) is 27.0 Å². The van der Waals surface area contributed by atoms with Crippen LogP contribution >= 0.6 is 11.8 Å². The Labute approximate surface area is 203 Å². The van der Waals surface area contributed by atoms with Gasteiger partial charge >= 0.3 is 11.9 Å². The highest BCUT2D eigenvalue weighted by Gasteiger charge is 2.39. The number of para-hydroxylation sites is 1. The Morgan fingerprint density at radius 3 is 2.46 bits per heavy atom. The van der Waals surface area contributed by atoms with Crippen molar-refractivity contribution in [2.24, 2.45) is 7.05 Å². The van der Waals surface area contributed by atoms with Crippen LogP contribution in [0.4, 0.5) is 5.69 Å². The molecule has 3 aromatic rings. The van der Waals surface area contributed by atoms with E-state index in [9.17, 15) is 19.7 Å². The summed E-state index contributed by atoms with van der Waals surface area (Å²) in [4.78, 5) is 35.8. The molecular formula is C23H20N4O7S. The van der Waals surface area contributed by atoms with E-state index in [0.29, 0.717) is 21.6 Å². The first-order chi connectivity index (χ1) is 16.6. The predicted octanol–water partition coefficient (Wildman–Crippen LogP) is 3.67. The second-order valence-electron chi connectivity index (χ2n) is 7.88. The molecule has 0 unspecified atom stereocenters. The zero-order chi connectivity index (χ0) is 25.2. The molecule has 1 aliphatic heterocycles. The number of nitro benzene ring substituents is 1. The lowest BCUT2D eigenvalue weighted by Crippen LogP contribution is -2.41. The molecule has 0 amide bonds. The van der Waals surface area contributed by atoms with Gasteiger partial charge in [0.2, 0.25) is 0 Å². The van der Waals surface area contributed by atoms with Crippen molar-refractivity contribution >= 4 is 35.5 Å². The summed E-state index contributed by atoms with van der Waals surface area (Å²) in [6.45, 7) is 3.04. The van der Waals surface area contributed by atoms with E-state index in [2.05, 4.69) is 10.2 Å². The second-order valence-corrected chi connectivity index (χ2v) is 8.89. The molecule has 1 aliphatic rings. The molecule has 1 fully saturated rings. The zero-order valence-corrected chi connectivity index (χ0v) is 19.8. The molecule has 11 nitrogen and oxygen atoms in total. The van der Waals surface area contributed by atoms with Gasteiger partial charge in [0.1, 0.15) is 17.9 Å². The number of carbonyl (C=O) groups is 2. The van der Waals surface area contributed by atoms with Gasteiger partial charge in [-0.2, -0.15) is 0 Å². The first-order valence-electron chi connectivity index (χ1n) is 10.3. The van der Waals surface area contributed by atoms with Crippen LogP contribution in [0.5, 0.6) is 5.75 Å². The minimum absolute atomic E-state index is 0.172. The first kappa shape index (κ1) is 24.0. The van der Waals surface area contributed by atoms with Crippen molar-refractivity contribution < 1.29 is 28.7 Å². The van der Waals surface area contributed by atoms with Gasteiger partial charge in [-0.15, -0.1) is 10.2 Å². The van der Waals surface area contributed by atoms with Crippen molar-refractivity contribution in [1.82, 2.24) is 14.8 Å². The number of nitrogens with zero attached hydrogens (tertiary/aromatic N) is 4. The first-order valence-corrected chi connectivity index (χ1v) is 11.2. The van der Waals surface area contributed by atoms with Gasteiger partial charge in [-0.05, 0) is 41.6 Å². The van der Waals surface area contributed by atoms with Gasteiger partial charge in [0.15, 0.2) is 11.0 Å². The number of benzene rings is 2. The van der Waals surface area contributed by atoms with E-state index in [0.717, 1.165) is 11.8 Å². The highest BCUT2D eigenvalue weighted by molar-refractivity contribution is 7.99. The summed E-state index contributed by atoms with van der Waals surface area (Å²) in [6, 6.07) is 13.5. The molecule has 0 radical (unpaired) electrons. The Morgan fingerprint density at radius 2 is 1.80 bits per heavy atom. The lowest BCUT2D eigenvalue weighted by molar-refractivity contribution is -0.387. The van der Waals surface area contributed by atoms with Gasteiger partial charge in [-0.3, -0.25) is 10.1 Å². The molecule has 0 spiro atoms. The smallest absolute Gasteiger partial charge is 0.348 e. The number of hydrogen-bond donors (Lipinski definition) is 0. The molecule has 0 aliphatic carbocycles. The Morgan fingerprint density at radius 1 is 1.11 bits per heavy atom. The molecule has 2 aromatic carbocycles. The summed E-state index contributed by atoms with van der Waals surface area (Å²) in [5, 5.41) is 20.4. The van der Waals surface area contributed by atoms with Gasteiger partial charge in [-0.1, -0.05) is 24.3 Å². The largest absolute Gasteiger partial charge is 0.486 e. The molecule has 0 N–H and O–H groups in total. The van der Waals surface area contributed by atoms with E-state index >= 15 is 0 Å². The number of carbonyl (C=O) groups excluding carboxylic acids is 2. The molecule has 4 rings (SSSR count). The lowest BCUT2D eigenvalue weighted by Gasteiger charge is -2.29. The summed E-state index contributed by atoms with van der Waals surface area (Å²) in [5.41, 5.74) is -0.317. The molecule has 2 heterocycles. The van der Waals surface area contributed by atoms with Crippen LogP contribution in [0.3, 0.4) is 0 Å².